The Balaban J connectivity index is 0.955. The van der Waals surface area contributed by atoms with Gasteiger partial charge in [0.25, 0.3) is 0 Å². The Kier molecular flexibility index (Phi) is 6.42. The zero-order valence-corrected chi connectivity index (χ0v) is 32.8. The summed E-state index contributed by atoms with van der Waals surface area (Å²) in [6.07, 6.45) is 8.32. The minimum absolute atomic E-state index is 0.0696. The minimum Gasteiger partial charge on any atom is -0.310 e. The molecule has 6 aromatic rings. The zero-order chi connectivity index (χ0) is 36.9. The van der Waals surface area contributed by atoms with Crippen LogP contribution >= 0.6 is 0 Å². The lowest BCUT2D eigenvalue weighted by Crippen LogP contribution is -2.73. The fourth-order valence-corrected chi connectivity index (χ4v) is 14.1. The number of hydrogen-bond acceptors (Lipinski definition) is 1. The van der Waals surface area contributed by atoms with Crippen LogP contribution in [0.3, 0.4) is 0 Å². The molecule has 0 heterocycles. The average molecular weight is 714 g/mol. The number of fused-ring (bicyclic) bond motifs is 9. The van der Waals surface area contributed by atoms with E-state index in [2.05, 4.69) is 172 Å². The first-order valence-electron chi connectivity index (χ1n) is 21.1. The van der Waals surface area contributed by atoms with E-state index in [1.165, 1.54) is 100 Å². The highest BCUT2D eigenvalue weighted by Crippen LogP contribution is 2.89. The van der Waals surface area contributed by atoms with Gasteiger partial charge in [-0.25, -0.2) is 0 Å². The summed E-state index contributed by atoms with van der Waals surface area (Å²) < 4.78 is 0. The molecule has 2 spiro atoms. The van der Waals surface area contributed by atoms with E-state index in [1.807, 2.05) is 0 Å². The molecule has 1 heteroatoms. The van der Waals surface area contributed by atoms with Crippen LogP contribution in [0.2, 0.25) is 0 Å². The first-order valence-corrected chi connectivity index (χ1v) is 21.1. The van der Waals surface area contributed by atoms with Gasteiger partial charge in [-0.2, -0.15) is 0 Å². The number of nitrogens with zero attached hydrogens (tertiary/aromatic N) is 1. The maximum atomic E-state index is 2.56. The molecule has 0 amide bonds. The second-order valence-electron chi connectivity index (χ2n) is 19.6. The van der Waals surface area contributed by atoms with Crippen molar-refractivity contribution in [3.8, 4) is 33.4 Å². The van der Waals surface area contributed by atoms with Gasteiger partial charge in [0.2, 0.25) is 0 Å². The van der Waals surface area contributed by atoms with Gasteiger partial charge in [-0.15, -0.1) is 0 Å². The van der Waals surface area contributed by atoms with E-state index >= 15 is 0 Å². The van der Waals surface area contributed by atoms with Gasteiger partial charge in [0.15, 0.2) is 0 Å². The molecule has 272 valence electrons. The molecule has 4 fully saturated rings. The van der Waals surface area contributed by atoms with Crippen molar-refractivity contribution in [1.29, 1.82) is 0 Å². The second-order valence-corrected chi connectivity index (χ2v) is 19.6. The zero-order valence-electron chi connectivity index (χ0n) is 32.8. The summed E-state index contributed by atoms with van der Waals surface area (Å²) in [6, 6.07) is 53.5. The molecule has 2 bridgehead atoms. The Morgan fingerprint density at radius 1 is 0.491 bits per heavy atom. The van der Waals surface area contributed by atoms with Gasteiger partial charge in [0.05, 0.1) is 5.69 Å². The van der Waals surface area contributed by atoms with Crippen LogP contribution in [0.4, 0.5) is 17.1 Å². The number of anilines is 3. The van der Waals surface area contributed by atoms with E-state index in [-0.39, 0.29) is 16.2 Å². The van der Waals surface area contributed by atoms with Crippen LogP contribution in [-0.2, 0) is 16.2 Å². The minimum atomic E-state index is 0.0696. The summed E-state index contributed by atoms with van der Waals surface area (Å²) in [7, 11) is 0. The predicted octanol–water partition coefficient (Wildman–Crippen LogP) is 14.2. The van der Waals surface area contributed by atoms with E-state index in [0.29, 0.717) is 5.41 Å². The van der Waals surface area contributed by atoms with Crippen LogP contribution in [0.15, 0.2) is 140 Å². The topological polar surface area (TPSA) is 3.24 Å². The summed E-state index contributed by atoms with van der Waals surface area (Å²) in [5.74, 6) is 3.69. The fraction of sp³-hybridized carbons (Fsp3) is 0.333. The molecule has 1 nitrogen and oxygen atoms in total. The average Bonchev–Trinajstić information content (AvgIpc) is 3.84. The van der Waals surface area contributed by atoms with Crippen molar-refractivity contribution < 1.29 is 0 Å². The second kappa shape index (κ2) is 10.9. The largest absolute Gasteiger partial charge is 0.310 e. The molecular formula is C54H51N. The smallest absolute Gasteiger partial charge is 0.0502 e. The molecule has 6 aliphatic carbocycles. The van der Waals surface area contributed by atoms with Gasteiger partial charge in [-0.05, 0) is 170 Å². The molecule has 6 unspecified atom stereocenters. The lowest BCUT2D eigenvalue weighted by molar-refractivity contribution is -0.231. The molecule has 0 aromatic heterocycles. The van der Waals surface area contributed by atoms with Crippen molar-refractivity contribution in [3.05, 3.63) is 162 Å². The number of benzene rings is 6. The predicted molar refractivity (Wildman–Crippen MR) is 228 cm³/mol. The molecule has 0 aliphatic heterocycles. The van der Waals surface area contributed by atoms with E-state index in [4.69, 9.17) is 0 Å². The molecular weight excluding hydrogens is 663 g/mol. The van der Waals surface area contributed by atoms with Crippen LogP contribution in [0.5, 0.6) is 0 Å². The molecule has 55 heavy (non-hydrogen) atoms. The van der Waals surface area contributed by atoms with Gasteiger partial charge in [-0.3, -0.25) is 0 Å². The van der Waals surface area contributed by atoms with Crippen LogP contribution < -0.4 is 4.90 Å². The SMILES string of the molecule is CC1(C)CCC(C)(C)c2c(N(c3ccc(-c4ccccc4)cc3)c3ccc(-c4ccc5c(c4)-c4ccccc4C54C5CC6CC7CC4C75C6)cc3)cccc21. The van der Waals surface area contributed by atoms with E-state index in [0.717, 1.165) is 23.7 Å². The van der Waals surface area contributed by atoms with Crippen LogP contribution in [0.1, 0.15) is 88.5 Å². The maximum absolute atomic E-state index is 2.56. The maximum Gasteiger partial charge on any atom is 0.0502 e. The highest BCUT2D eigenvalue weighted by molar-refractivity contribution is 5.88. The Morgan fingerprint density at radius 3 is 1.84 bits per heavy atom. The van der Waals surface area contributed by atoms with Crippen molar-refractivity contribution in [2.45, 2.75) is 82.5 Å². The molecule has 0 saturated heterocycles. The number of hydrogen-bond donors (Lipinski definition) is 0. The highest BCUT2D eigenvalue weighted by atomic mass is 15.1. The molecule has 4 saturated carbocycles. The highest BCUT2D eigenvalue weighted by Gasteiger charge is 2.84. The van der Waals surface area contributed by atoms with Crippen molar-refractivity contribution >= 4 is 17.1 Å². The molecule has 6 atom stereocenters. The van der Waals surface area contributed by atoms with E-state index in [1.54, 1.807) is 11.1 Å². The third-order valence-electron chi connectivity index (χ3n) is 16.4. The standard InChI is InChI=1S/C54H51N/c1-51(2)27-28-52(3,4)50-46(51)15-10-16-47(50)55(40-22-17-36(18-23-40)35-11-6-5-7-12-35)41-24-19-37(20-25-41)38-21-26-45-43(31-38)42-13-8-9-14-44(42)54(45)48-30-34-29-39-32-49(54)53(39,48)33-34/h5-26,31,34,39,48-49H,27-30,32-33H2,1-4H3. The van der Waals surface area contributed by atoms with Gasteiger partial charge in [0, 0.05) is 16.8 Å². The van der Waals surface area contributed by atoms with Crippen LogP contribution in [-0.4, -0.2) is 0 Å². The first kappa shape index (κ1) is 32.4. The third kappa shape index (κ3) is 4.10. The molecule has 6 aliphatic rings. The molecule has 12 rings (SSSR count). The lowest BCUT2D eigenvalue weighted by Gasteiger charge is -2.76. The van der Waals surface area contributed by atoms with Crippen molar-refractivity contribution in [3.63, 3.8) is 0 Å². The summed E-state index contributed by atoms with van der Waals surface area (Å²) in [6.45, 7) is 9.76. The normalized spacial score (nSPS) is 29.1. The van der Waals surface area contributed by atoms with Crippen molar-refractivity contribution in [2.24, 2.45) is 29.1 Å². The summed E-state index contributed by atoms with van der Waals surface area (Å²) in [4.78, 5) is 2.52. The van der Waals surface area contributed by atoms with Crippen molar-refractivity contribution in [2.75, 3.05) is 4.90 Å². The number of rotatable bonds is 5. The Hall–Kier alpha value is -4.88. The monoisotopic (exact) mass is 713 g/mol. The summed E-state index contributed by atoms with van der Waals surface area (Å²) >= 11 is 0. The Bertz CT molecular complexity index is 2520. The van der Waals surface area contributed by atoms with Crippen LogP contribution in [0, 0.1) is 29.1 Å². The quantitative estimate of drug-likeness (QED) is 0.172. The van der Waals surface area contributed by atoms with Gasteiger partial charge in [-0.1, -0.05) is 131 Å². The third-order valence-corrected chi connectivity index (χ3v) is 16.4. The molecule has 6 aromatic carbocycles. The fourth-order valence-electron chi connectivity index (χ4n) is 14.1. The summed E-state index contributed by atoms with van der Waals surface area (Å²) in [5.41, 5.74) is 19.2. The van der Waals surface area contributed by atoms with Crippen LogP contribution in [0.25, 0.3) is 33.4 Å². The Morgan fingerprint density at radius 2 is 1.09 bits per heavy atom. The summed E-state index contributed by atoms with van der Waals surface area (Å²) in [5, 5.41) is 0. The van der Waals surface area contributed by atoms with E-state index < -0.39 is 0 Å². The molecule has 0 N–H and O–H groups in total. The van der Waals surface area contributed by atoms with E-state index in [9.17, 15) is 0 Å². The van der Waals surface area contributed by atoms with Gasteiger partial charge in [0.1, 0.15) is 0 Å². The first-order chi connectivity index (χ1) is 26.7. The van der Waals surface area contributed by atoms with Crippen molar-refractivity contribution in [1.82, 2.24) is 0 Å². The molecule has 0 radical (unpaired) electrons. The van der Waals surface area contributed by atoms with Gasteiger partial charge >= 0.3 is 0 Å². The Labute approximate surface area is 327 Å². The lowest BCUT2D eigenvalue weighted by atomic mass is 9.27. The van der Waals surface area contributed by atoms with Gasteiger partial charge < -0.3 is 4.90 Å².